The Bertz CT molecular complexity index is 838. The number of cyclic esters (lactones) is 1. The number of phenols is 1. The van der Waals surface area contributed by atoms with Crippen LogP contribution in [0.2, 0.25) is 0 Å². The fourth-order valence-electron chi connectivity index (χ4n) is 4.51. The van der Waals surface area contributed by atoms with Gasteiger partial charge >= 0.3 is 5.97 Å². The van der Waals surface area contributed by atoms with Crippen molar-refractivity contribution in [1.29, 1.82) is 0 Å². The third kappa shape index (κ3) is 4.65. The van der Waals surface area contributed by atoms with Gasteiger partial charge in [0, 0.05) is 18.4 Å². The molecule has 0 saturated carbocycles. The largest absolute Gasteiger partial charge is 0.507 e. The number of carbonyl (C=O) groups excluding carboxylic acids is 2. The number of esters is 1. The van der Waals surface area contributed by atoms with Crippen LogP contribution in [0.15, 0.2) is 17.7 Å². The standard InChI is InChI=1S/C24H32O5/c1-5-6-7-10-18-13-19(26)20(17-11-8-9-15(2)12-17)22-21(18)23(27)29-24(4,28-22)14-16(3)25/h12-13,17,26H,5-11,14H2,1-4H3. The van der Waals surface area contributed by atoms with Gasteiger partial charge in [-0.25, -0.2) is 4.79 Å². The van der Waals surface area contributed by atoms with E-state index in [9.17, 15) is 14.7 Å². The van der Waals surface area contributed by atoms with E-state index in [1.165, 1.54) is 12.5 Å². The highest BCUT2D eigenvalue weighted by Gasteiger charge is 2.43. The molecule has 5 heteroatoms. The average molecular weight is 401 g/mol. The third-order valence-corrected chi connectivity index (χ3v) is 5.77. The summed E-state index contributed by atoms with van der Waals surface area (Å²) in [5, 5.41) is 11.0. The molecule has 1 aliphatic heterocycles. The number of carbonyl (C=O) groups is 2. The number of aryl methyl sites for hydroxylation is 1. The molecule has 0 bridgehead atoms. The second-order valence-corrected chi connectivity index (χ2v) is 8.65. The maximum atomic E-state index is 13.0. The molecule has 1 N–H and O–H groups in total. The molecule has 1 aliphatic carbocycles. The zero-order chi connectivity index (χ0) is 21.2. The van der Waals surface area contributed by atoms with Gasteiger partial charge < -0.3 is 14.6 Å². The quantitative estimate of drug-likeness (QED) is 0.367. The highest BCUT2D eigenvalue weighted by Crippen LogP contribution is 2.48. The molecule has 158 valence electrons. The van der Waals surface area contributed by atoms with E-state index in [-0.39, 0.29) is 23.9 Å². The lowest BCUT2D eigenvalue weighted by Gasteiger charge is -2.37. The average Bonchev–Trinajstić information content (AvgIpc) is 2.60. The van der Waals surface area contributed by atoms with E-state index in [4.69, 9.17) is 9.47 Å². The van der Waals surface area contributed by atoms with Gasteiger partial charge in [-0.1, -0.05) is 31.4 Å². The van der Waals surface area contributed by atoms with Gasteiger partial charge in [-0.05, 0) is 57.6 Å². The Morgan fingerprint density at radius 2 is 2.07 bits per heavy atom. The summed E-state index contributed by atoms with van der Waals surface area (Å²) in [6.45, 7) is 7.27. The summed E-state index contributed by atoms with van der Waals surface area (Å²) in [6.07, 6.45) is 8.77. The van der Waals surface area contributed by atoms with Crippen LogP contribution in [-0.2, 0) is 16.0 Å². The van der Waals surface area contributed by atoms with Gasteiger partial charge in [-0.2, -0.15) is 0 Å². The molecule has 1 aromatic carbocycles. The minimum Gasteiger partial charge on any atom is -0.507 e. The molecule has 3 rings (SSSR count). The zero-order valence-corrected chi connectivity index (χ0v) is 18.0. The number of Topliss-reactive ketones (excluding diaryl/α,β-unsaturated/α-hetero) is 1. The molecule has 2 aliphatic rings. The molecule has 0 saturated heterocycles. The highest BCUT2D eigenvalue weighted by molar-refractivity contribution is 5.97. The number of phenolic OH excluding ortho intramolecular Hbond substituents is 1. The third-order valence-electron chi connectivity index (χ3n) is 5.77. The first-order valence-corrected chi connectivity index (χ1v) is 10.7. The summed E-state index contributed by atoms with van der Waals surface area (Å²) in [5.41, 5.74) is 3.07. The summed E-state index contributed by atoms with van der Waals surface area (Å²) in [4.78, 5) is 24.8. The number of ether oxygens (including phenoxy) is 2. The molecular formula is C24H32O5. The van der Waals surface area contributed by atoms with Crippen LogP contribution in [0.3, 0.4) is 0 Å². The topological polar surface area (TPSA) is 72.8 Å². The predicted molar refractivity (Wildman–Crippen MR) is 111 cm³/mol. The van der Waals surface area contributed by atoms with E-state index in [0.29, 0.717) is 23.3 Å². The number of fused-ring (bicyclic) bond motifs is 1. The van der Waals surface area contributed by atoms with E-state index >= 15 is 0 Å². The summed E-state index contributed by atoms with van der Waals surface area (Å²) in [5.74, 6) is -1.42. The molecule has 0 radical (unpaired) electrons. The predicted octanol–water partition coefficient (Wildman–Crippen LogP) is 5.58. The Morgan fingerprint density at radius 1 is 1.31 bits per heavy atom. The number of hydrogen-bond donors (Lipinski definition) is 1. The van der Waals surface area contributed by atoms with E-state index in [0.717, 1.165) is 44.1 Å². The SMILES string of the molecule is CCCCCc1cc(O)c(C2C=C(C)CCC2)c2c1C(=O)OC(C)(CC(C)=O)O2. The molecule has 2 atom stereocenters. The minimum atomic E-state index is -1.35. The van der Waals surface area contributed by atoms with Crippen molar-refractivity contribution in [2.75, 3.05) is 0 Å². The number of rotatable bonds is 7. The van der Waals surface area contributed by atoms with E-state index in [2.05, 4.69) is 19.9 Å². The molecule has 0 aromatic heterocycles. The normalized spacial score (nSPS) is 23.7. The Labute approximate surface area is 173 Å². The molecule has 1 heterocycles. The van der Waals surface area contributed by atoms with Crippen LogP contribution >= 0.6 is 0 Å². The Balaban J connectivity index is 2.13. The summed E-state index contributed by atoms with van der Waals surface area (Å²) < 4.78 is 11.8. The number of ketones is 1. The molecule has 0 fully saturated rings. The van der Waals surface area contributed by atoms with Gasteiger partial charge in [0.25, 0.3) is 5.79 Å². The minimum absolute atomic E-state index is 0.0188. The van der Waals surface area contributed by atoms with Crippen molar-refractivity contribution in [2.24, 2.45) is 0 Å². The van der Waals surface area contributed by atoms with Gasteiger partial charge in [0.05, 0.1) is 6.42 Å². The maximum absolute atomic E-state index is 13.0. The summed E-state index contributed by atoms with van der Waals surface area (Å²) in [6, 6.07) is 1.71. The van der Waals surface area contributed by atoms with Crippen molar-refractivity contribution in [3.05, 3.63) is 34.4 Å². The maximum Gasteiger partial charge on any atom is 0.345 e. The van der Waals surface area contributed by atoms with Crippen molar-refractivity contribution in [3.63, 3.8) is 0 Å². The lowest BCUT2D eigenvalue weighted by molar-refractivity contribution is -0.155. The van der Waals surface area contributed by atoms with Crippen LogP contribution < -0.4 is 4.74 Å². The van der Waals surface area contributed by atoms with Crippen LogP contribution in [0.25, 0.3) is 0 Å². The van der Waals surface area contributed by atoms with Crippen LogP contribution in [0.1, 0.15) is 100 Å². The van der Waals surface area contributed by atoms with Crippen LogP contribution in [0, 0.1) is 0 Å². The number of allylic oxidation sites excluding steroid dienone is 2. The Kier molecular flexibility index (Phi) is 6.35. The number of benzene rings is 1. The van der Waals surface area contributed by atoms with Gasteiger partial charge in [-0.15, -0.1) is 0 Å². The van der Waals surface area contributed by atoms with Crippen molar-refractivity contribution >= 4 is 11.8 Å². The second-order valence-electron chi connectivity index (χ2n) is 8.65. The molecule has 0 spiro atoms. The van der Waals surface area contributed by atoms with Gasteiger partial charge in [0.1, 0.15) is 22.8 Å². The fraction of sp³-hybridized carbons (Fsp3) is 0.583. The number of aromatic hydroxyl groups is 1. The first-order chi connectivity index (χ1) is 13.7. The molecule has 29 heavy (non-hydrogen) atoms. The molecule has 2 unspecified atom stereocenters. The zero-order valence-electron chi connectivity index (χ0n) is 18.0. The van der Waals surface area contributed by atoms with Crippen molar-refractivity contribution < 1.29 is 24.2 Å². The summed E-state index contributed by atoms with van der Waals surface area (Å²) >= 11 is 0. The monoisotopic (exact) mass is 400 g/mol. The van der Waals surface area contributed by atoms with Crippen LogP contribution in [0.4, 0.5) is 0 Å². The Morgan fingerprint density at radius 3 is 2.72 bits per heavy atom. The fourth-order valence-corrected chi connectivity index (χ4v) is 4.51. The van der Waals surface area contributed by atoms with E-state index < -0.39 is 11.8 Å². The summed E-state index contributed by atoms with van der Waals surface area (Å²) in [7, 11) is 0. The lowest BCUT2D eigenvalue weighted by Crippen LogP contribution is -2.44. The number of unbranched alkanes of at least 4 members (excludes halogenated alkanes) is 2. The molecular weight excluding hydrogens is 368 g/mol. The van der Waals surface area contributed by atoms with Crippen molar-refractivity contribution in [2.45, 2.75) is 90.8 Å². The van der Waals surface area contributed by atoms with E-state index in [1.54, 1.807) is 13.0 Å². The molecule has 1 aromatic rings. The number of hydrogen-bond acceptors (Lipinski definition) is 5. The van der Waals surface area contributed by atoms with E-state index in [1.807, 2.05) is 0 Å². The van der Waals surface area contributed by atoms with Crippen LogP contribution in [-0.4, -0.2) is 22.6 Å². The van der Waals surface area contributed by atoms with Gasteiger partial charge in [0.15, 0.2) is 0 Å². The molecule has 0 amide bonds. The first-order valence-electron chi connectivity index (χ1n) is 10.7. The van der Waals surface area contributed by atoms with Gasteiger partial charge in [0.2, 0.25) is 0 Å². The Hall–Kier alpha value is -2.30. The van der Waals surface area contributed by atoms with Crippen LogP contribution in [0.5, 0.6) is 11.5 Å². The van der Waals surface area contributed by atoms with Crippen molar-refractivity contribution in [1.82, 2.24) is 0 Å². The highest BCUT2D eigenvalue weighted by atomic mass is 16.7. The van der Waals surface area contributed by atoms with Crippen molar-refractivity contribution in [3.8, 4) is 11.5 Å². The smallest absolute Gasteiger partial charge is 0.345 e. The second kappa shape index (κ2) is 8.60. The van der Waals surface area contributed by atoms with Gasteiger partial charge in [-0.3, -0.25) is 4.79 Å². The lowest BCUT2D eigenvalue weighted by atomic mass is 9.82. The first kappa shape index (κ1) is 21.4. The molecule has 5 nitrogen and oxygen atoms in total.